The molecule has 5 rings (SSSR count). The average Bonchev–Trinajstić information content (AvgIpc) is 2.69. The Morgan fingerprint density at radius 3 is 2.13 bits per heavy atom. The third kappa shape index (κ3) is 4.45. The zero-order chi connectivity index (χ0) is 21.3. The minimum Gasteiger partial charge on any atom is -0.493 e. The van der Waals surface area contributed by atoms with Crippen molar-refractivity contribution in [1.29, 1.82) is 0 Å². The number of benzene rings is 1. The van der Waals surface area contributed by atoms with Crippen molar-refractivity contribution in [2.45, 2.75) is 51.9 Å². The summed E-state index contributed by atoms with van der Waals surface area (Å²) in [5.41, 5.74) is 5.63. The Balaban J connectivity index is 1.24. The van der Waals surface area contributed by atoms with Gasteiger partial charge in [0.1, 0.15) is 0 Å². The van der Waals surface area contributed by atoms with Crippen molar-refractivity contribution in [2.24, 2.45) is 23.2 Å². The molecule has 0 saturated heterocycles. The lowest BCUT2D eigenvalue weighted by Gasteiger charge is -2.56. The van der Waals surface area contributed by atoms with Crippen LogP contribution in [0, 0.1) is 23.2 Å². The average molecular weight is 415 g/mol. The Morgan fingerprint density at radius 2 is 1.57 bits per heavy atom. The zero-order valence-corrected chi connectivity index (χ0v) is 17.7. The second kappa shape index (κ2) is 8.28. The van der Waals surface area contributed by atoms with Gasteiger partial charge in [-0.1, -0.05) is 0 Å². The molecule has 7 nitrogen and oxygen atoms in total. The number of methoxy groups -OCH3 is 1. The first-order valence-corrected chi connectivity index (χ1v) is 10.8. The highest BCUT2D eigenvalue weighted by Crippen LogP contribution is 2.61. The van der Waals surface area contributed by atoms with Gasteiger partial charge in [-0.3, -0.25) is 25.2 Å². The number of hydrazine groups is 1. The molecule has 0 atom stereocenters. The summed E-state index contributed by atoms with van der Waals surface area (Å²) < 4.78 is 10.7. The maximum absolute atomic E-state index is 12.5. The third-order valence-corrected chi connectivity index (χ3v) is 6.97. The van der Waals surface area contributed by atoms with Gasteiger partial charge in [-0.05, 0) is 86.8 Å². The van der Waals surface area contributed by atoms with Crippen LogP contribution >= 0.6 is 0 Å². The van der Waals surface area contributed by atoms with Crippen LogP contribution in [0.1, 0.15) is 62.2 Å². The van der Waals surface area contributed by atoms with Crippen LogP contribution in [0.4, 0.5) is 0 Å². The largest absolute Gasteiger partial charge is 0.493 e. The lowest BCUT2D eigenvalue weighted by molar-refractivity contribution is -0.134. The van der Waals surface area contributed by atoms with Crippen molar-refractivity contribution in [3.8, 4) is 11.5 Å². The number of ether oxygens (including phenoxy) is 2. The summed E-state index contributed by atoms with van der Waals surface area (Å²) in [4.78, 5) is 36.1. The molecular formula is C23H30N2O5. The first-order chi connectivity index (χ1) is 14.4. The van der Waals surface area contributed by atoms with E-state index < -0.39 is 5.91 Å². The highest BCUT2D eigenvalue weighted by atomic mass is 16.5. The van der Waals surface area contributed by atoms with Gasteiger partial charge in [0.2, 0.25) is 5.91 Å². The van der Waals surface area contributed by atoms with Crippen LogP contribution < -0.4 is 20.3 Å². The minimum atomic E-state index is -0.452. The predicted molar refractivity (Wildman–Crippen MR) is 110 cm³/mol. The van der Waals surface area contributed by atoms with E-state index in [1.165, 1.54) is 33.3 Å². The van der Waals surface area contributed by atoms with Gasteiger partial charge in [0.05, 0.1) is 7.11 Å². The molecule has 0 aromatic heterocycles. The maximum Gasteiger partial charge on any atom is 0.276 e. The number of Topliss-reactive ketones (excluding diaryl/α,β-unsaturated/α-hetero) is 1. The van der Waals surface area contributed by atoms with Gasteiger partial charge in [0, 0.05) is 12.0 Å². The van der Waals surface area contributed by atoms with Crippen LogP contribution in [0.2, 0.25) is 0 Å². The number of amides is 2. The van der Waals surface area contributed by atoms with E-state index in [1.54, 1.807) is 18.2 Å². The molecule has 162 valence electrons. The Kier molecular flexibility index (Phi) is 5.71. The molecular weight excluding hydrogens is 384 g/mol. The molecule has 1 aromatic carbocycles. The molecule has 4 saturated carbocycles. The number of nitrogens with one attached hydrogen (secondary N) is 2. The topological polar surface area (TPSA) is 93.7 Å². The fraction of sp³-hybridized carbons (Fsp3) is 0.609. The summed E-state index contributed by atoms with van der Waals surface area (Å²) in [6.07, 6.45) is 7.96. The van der Waals surface area contributed by atoms with E-state index in [9.17, 15) is 14.4 Å². The Hall–Kier alpha value is -2.57. The molecule has 30 heavy (non-hydrogen) atoms. The van der Waals surface area contributed by atoms with Crippen molar-refractivity contribution in [2.75, 3.05) is 13.7 Å². The summed E-state index contributed by atoms with van der Waals surface area (Å²) in [5.74, 6) is 2.43. The van der Waals surface area contributed by atoms with Gasteiger partial charge in [-0.2, -0.15) is 0 Å². The van der Waals surface area contributed by atoms with Crippen LogP contribution in [-0.4, -0.2) is 31.3 Å². The molecule has 4 aliphatic carbocycles. The van der Waals surface area contributed by atoms with E-state index in [-0.39, 0.29) is 23.7 Å². The van der Waals surface area contributed by atoms with E-state index in [1.807, 2.05) is 0 Å². The van der Waals surface area contributed by atoms with E-state index in [0.29, 0.717) is 23.5 Å². The summed E-state index contributed by atoms with van der Waals surface area (Å²) >= 11 is 0. The van der Waals surface area contributed by atoms with Crippen molar-refractivity contribution < 1.29 is 23.9 Å². The van der Waals surface area contributed by atoms with Gasteiger partial charge in [0.25, 0.3) is 5.91 Å². The molecule has 0 unspecified atom stereocenters. The van der Waals surface area contributed by atoms with Crippen LogP contribution in [0.15, 0.2) is 18.2 Å². The summed E-state index contributed by atoms with van der Waals surface area (Å²) in [5, 5.41) is 0. The van der Waals surface area contributed by atoms with Gasteiger partial charge < -0.3 is 9.47 Å². The molecule has 0 radical (unpaired) electrons. The molecule has 0 spiro atoms. The third-order valence-electron chi connectivity index (χ3n) is 6.97. The fourth-order valence-corrected chi connectivity index (χ4v) is 6.22. The number of hydrogen-bond donors (Lipinski definition) is 2. The molecule has 2 N–H and O–H groups in total. The second-order valence-electron chi connectivity index (χ2n) is 9.40. The number of carbonyl (C=O) groups excluding carboxylic acids is 3. The Bertz CT molecular complexity index is 815. The van der Waals surface area contributed by atoms with Crippen LogP contribution in [0.25, 0.3) is 0 Å². The normalized spacial score (nSPS) is 28.7. The standard InChI is InChI=1S/C23H30N2O5/c1-14(26)18-3-4-19(20(8-18)29-2)30-13-22(28)25-24-21(27)12-23-9-15-5-16(10-23)7-17(6-15)11-23/h3-4,8,15-17H,5-7,9-13H2,1-2H3,(H,24,27)(H,25,28). The van der Waals surface area contributed by atoms with Crippen molar-refractivity contribution in [1.82, 2.24) is 10.9 Å². The van der Waals surface area contributed by atoms with Gasteiger partial charge >= 0.3 is 0 Å². The fourth-order valence-electron chi connectivity index (χ4n) is 6.22. The molecule has 0 aliphatic heterocycles. The Labute approximate surface area is 176 Å². The maximum atomic E-state index is 12.5. The van der Waals surface area contributed by atoms with Gasteiger partial charge in [-0.25, -0.2) is 0 Å². The van der Waals surface area contributed by atoms with Crippen LogP contribution in [-0.2, 0) is 9.59 Å². The quantitative estimate of drug-likeness (QED) is 0.528. The van der Waals surface area contributed by atoms with Crippen LogP contribution in [0.3, 0.4) is 0 Å². The smallest absolute Gasteiger partial charge is 0.276 e. The number of carbonyl (C=O) groups is 3. The first kappa shape index (κ1) is 20.7. The highest BCUT2D eigenvalue weighted by molar-refractivity contribution is 5.94. The summed E-state index contributed by atoms with van der Waals surface area (Å²) in [6.45, 7) is 1.20. The first-order valence-electron chi connectivity index (χ1n) is 10.8. The van der Waals surface area contributed by atoms with E-state index in [0.717, 1.165) is 37.0 Å². The highest BCUT2D eigenvalue weighted by Gasteiger charge is 2.51. The molecule has 1 aromatic rings. The lowest BCUT2D eigenvalue weighted by Crippen LogP contribution is -2.50. The molecule has 4 fully saturated rings. The van der Waals surface area contributed by atoms with Crippen LogP contribution in [0.5, 0.6) is 11.5 Å². The van der Waals surface area contributed by atoms with E-state index in [2.05, 4.69) is 10.9 Å². The molecule has 4 bridgehead atoms. The summed E-state index contributed by atoms with van der Waals surface area (Å²) in [7, 11) is 1.47. The van der Waals surface area contributed by atoms with Crippen molar-refractivity contribution >= 4 is 17.6 Å². The monoisotopic (exact) mass is 414 g/mol. The second-order valence-corrected chi connectivity index (χ2v) is 9.40. The zero-order valence-electron chi connectivity index (χ0n) is 17.7. The molecule has 7 heteroatoms. The SMILES string of the molecule is COc1cc(C(C)=O)ccc1OCC(=O)NNC(=O)CC12CC3CC(CC(C3)C1)C2. The molecule has 4 aliphatic rings. The number of hydrogen-bond acceptors (Lipinski definition) is 5. The molecule has 2 amide bonds. The minimum absolute atomic E-state index is 0.0840. The van der Waals surface area contributed by atoms with E-state index in [4.69, 9.17) is 9.47 Å². The van der Waals surface area contributed by atoms with E-state index >= 15 is 0 Å². The number of rotatable bonds is 7. The van der Waals surface area contributed by atoms with Crippen molar-refractivity contribution in [3.05, 3.63) is 23.8 Å². The van der Waals surface area contributed by atoms with Gasteiger partial charge in [0.15, 0.2) is 23.9 Å². The van der Waals surface area contributed by atoms with Crippen molar-refractivity contribution in [3.63, 3.8) is 0 Å². The number of ketones is 1. The predicted octanol–water partition coefficient (Wildman–Crippen LogP) is 3.03. The van der Waals surface area contributed by atoms with Gasteiger partial charge in [-0.15, -0.1) is 0 Å². The summed E-state index contributed by atoms with van der Waals surface area (Å²) in [6, 6.07) is 4.78. The molecule has 0 heterocycles. The Morgan fingerprint density at radius 1 is 0.967 bits per heavy atom. The lowest BCUT2D eigenvalue weighted by atomic mass is 9.49.